The maximum atomic E-state index is 13.4. The molecule has 7 heteroatoms. The van der Waals surface area contributed by atoms with Gasteiger partial charge in [0, 0.05) is 17.4 Å². The number of aliphatic carboxylic acids is 1. The molecule has 0 aromatic heterocycles. The second-order valence-corrected chi connectivity index (χ2v) is 5.48. The number of nitrogens with one attached hydrogen (secondary N) is 2. The first-order chi connectivity index (χ1) is 9.92. The number of carboxylic acid groups (broad SMARTS) is 1. The molecule has 1 rings (SSSR count). The fourth-order valence-electron chi connectivity index (χ4n) is 1.85. The molecule has 0 fully saturated rings. The van der Waals surface area contributed by atoms with E-state index in [4.69, 9.17) is 5.11 Å². The maximum Gasteiger partial charge on any atom is 0.315 e. The lowest BCUT2D eigenvalue weighted by atomic mass is 10.0. The summed E-state index contributed by atoms with van der Waals surface area (Å²) >= 11 is 3.22. The van der Waals surface area contributed by atoms with Crippen molar-refractivity contribution >= 4 is 27.9 Å². The first kappa shape index (κ1) is 17.4. The normalized spacial score (nSPS) is 11.8. The first-order valence-corrected chi connectivity index (χ1v) is 7.43. The van der Waals surface area contributed by atoms with Crippen LogP contribution in [0.2, 0.25) is 0 Å². The van der Waals surface area contributed by atoms with E-state index < -0.39 is 12.0 Å². The Morgan fingerprint density at radius 2 is 2.10 bits per heavy atom. The molecule has 1 unspecified atom stereocenters. The van der Waals surface area contributed by atoms with Gasteiger partial charge in [0.25, 0.3) is 0 Å². The first-order valence-electron chi connectivity index (χ1n) is 6.64. The highest BCUT2D eigenvalue weighted by Gasteiger charge is 2.14. The van der Waals surface area contributed by atoms with Gasteiger partial charge in [0.05, 0.1) is 6.04 Å². The van der Waals surface area contributed by atoms with Crippen molar-refractivity contribution in [1.29, 1.82) is 0 Å². The molecule has 1 atom stereocenters. The minimum Gasteiger partial charge on any atom is -0.481 e. The average molecular weight is 361 g/mol. The monoisotopic (exact) mass is 360 g/mol. The summed E-state index contributed by atoms with van der Waals surface area (Å²) < 4.78 is 14.0. The number of urea groups is 1. The van der Waals surface area contributed by atoms with Gasteiger partial charge in [-0.15, -0.1) is 0 Å². The Bertz CT molecular complexity index is 491. The summed E-state index contributed by atoms with van der Waals surface area (Å²) in [6.45, 7) is 2.16. The molecule has 0 aliphatic carbocycles. The fraction of sp³-hybridized carbons (Fsp3) is 0.429. The van der Waals surface area contributed by atoms with Gasteiger partial charge in [-0.2, -0.15) is 0 Å². The maximum absolute atomic E-state index is 13.4. The van der Waals surface area contributed by atoms with Gasteiger partial charge in [0.1, 0.15) is 5.82 Å². The highest BCUT2D eigenvalue weighted by Crippen LogP contribution is 2.22. The third-order valence-corrected chi connectivity index (χ3v) is 3.31. The molecule has 0 aliphatic heterocycles. The van der Waals surface area contributed by atoms with E-state index in [1.54, 1.807) is 6.07 Å². The summed E-state index contributed by atoms with van der Waals surface area (Å²) in [6.07, 6.45) is 0.984. The lowest BCUT2D eigenvalue weighted by Gasteiger charge is -2.18. The molecule has 0 saturated heterocycles. The van der Waals surface area contributed by atoms with E-state index in [0.29, 0.717) is 22.9 Å². The molecule has 0 bridgehead atoms. The van der Waals surface area contributed by atoms with Crippen molar-refractivity contribution in [3.8, 4) is 0 Å². The minimum absolute atomic E-state index is 0.00826. The second kappa shape index (κ2) is 8.61. The van der Waals surface area contributed by atoms with Crippen LogP contribution in [0.3, 0.4) is 0 Å². The van der Waals surface area contributed by atoms with E-state index >= 15 is 0 Å². The predicted molar refractivity (Wildman–Crippen MR) is 80.5 cm³/mol. The highest BCUT2D eigenvalue weighted by molar-refractivity contribution is 9.10. The molecule has 0 saturated carbocycles. The van der Waals surface area contributed by atoms with E-state index in [9.17, 15) is 14.0 Å². The van der Waals surface area contributed by atoms with Crippen molar-refractivity contribution in [3.05, 3.63) is 34.1 Å². The van der Waals surface area contributed by atoms with Crippen LogP contribution in [0, 0.1) is 5.82 Å². The standard InChI is InChI=1S/C14H18BrFN2O3/c1-2-12(9-6-10(15)8-11(16)7-9)18-14(21)17-5-3-4-13(19)20/h6-8,12H,2-5H2,1H3,(H,19,20)(H2,17,18,21). The van der Waals surface area contributed by atoms with Crippen molar-refractivity contribution in [2.24, 2.45) is 0 Å². The Kier molecular flexibility index (Phi) is 7.14. The van der Waals surface area contributed by atoms with E-state index in [2.05, 4.69) is 26.6 Å². The van der Waals surface area contributed by atoms with Crippen LogP contribution < -0.4 is 10.6 Å². The minimum atomic E-state index is -0.895. The molecule has 0 heterocycles. The van der Waals surface area contributed by atoms with Gasteiger partial charge in [0.2, 0.25) is 0 Å². The van der Waals surface area contributed by atoms with Gasteiger partial charge < -0.3 is 15.7 Å². The molecule has 2 amide bonds. The highest BCUT2D eigenvalue weighted by atomic mass is 79.9. The van der Waals surface area contributed by atoms with Crippen LogP contribution >= 0.6 is 15.9 Å². The zero-order valence-corrected chi connectivity index (χ0v) is 13.2. The third kappa shape index (κ3) is 6.57. The topological polar surface area (TPSA) is 78.4 Å². The summed E-state index contributed by atoms with van der Waals surface area (Å²) in [5, 5.41) is 13.8. The summed E-state index contributed by atoms with van der Waals surface area (Å²) in [5.41, 5.74) is 0.671. The fourth-order valence-corrected chi connectivity index (χ4v) is 2.33. The number of hydrogen-bond donors (Lipinski definition) is 3. The van der Waals surface area contributed by atoms with Gasteiger partial charge >= 0.3 is 12.0 Å². The molecule has 0 spiro atoms. The molecule has 116 valence electrons. The van der Waals surface area contributed by atoms with Crippen LogP contribution in [0.15, 0.2) is 22.7 Å². The smallest absolute Gasteiger partial charge is 0.315 e. The van der Waals surface area contributed by atoms with Crippen molar-refractivity contribution in [3.63, 3.8) is 0 Å². The van der Waals surface area contributed by atoms with E-state index in [-0.39, 0.29) is 24.8 Å². The molecule has 1 aromatic carbocycles. The summed E-state index contributed by atoms with van der Waals surface area (Å²) in [7, 11) is 0. The van der Waals surface area contributed by atoms with Crippen LogP contribution in [-0.4, -0.2) is 23.7 Å². The lowest BCUT2D eigenvalue weighted by Crippen LogP contribution is -2.38. The molecular formula is C14H18BrFN2O3. The van der Waals surface area contributed by atoms with Crippen molar-refractivity contribution in [2.45, 2.75) is 32.2 Å². The largest absolute Gasteiger partial charge is 0.481 e. The number of halogens is 2. The van der Waals surface area contributed by atoms with Gasteiger partial charge in [-0.25, -0.2) is 9.18 Å². The van der Waals surface area contributed by atoms with Crippen LogP contribution in [0.5, 0.6) is 0 Å². The zero-order chi connectivity index (χ0) is 15.8. The average Bonchev–Trinajstić information content (AvgIpc) is 2.39. The molecule has 21 heavy (non-hydrogen) atoms. The van der Waals surface area contributed by atoms with E-state index in [0.717, 1.165) is 0 Å². The van der Waals surface area contributed by atoms with E-state index in [1.807, 2.05) is 6.92 Å². The van der Waals surface area contributed by atoms with Crippen LogP contribution in [0.1, 0.15) is 37.8 Å². The molecule has 3 N–H and O–H groups in total. The Morgan fingerprint density at radius 1 is 1.38 bits per heavy atom. The van der Waals surface area contributed by atoms with Crippen LogP contribution in [0.25, 0.3) is 0 Å². The Hall–Kier alpha value is -1.63. The van der Waals surface area contributed by atoms with Gasteiger partial charge in [-0.05, 0) is 36.6 Å². The molecular weight excluding hydrogens is 343 g/mol. The van der Waals surface area contributed by atoms with Crippen molar-refractivity contribution in [1.82, 2.24) is 10.6 Å². The number of carbonyl (C=O) groups is 2. The Balaban J connectivity index is 2.53. The number of benzene rings is 1. The number of carboxylic acids is 1. The lowest BCUT2D eigenvalue weighted by molar-refractivity contribution is -0.137. The third-order valence-electron chi connectivity index (χ3n) is 2.85. The van der Waals surface area contributed by atoms with Crippen molar-refractivity contribution in [2.75, 3.05) is 6.54 Å². The number of amides is 2. The predicted octanol–water partition coefficient (Wildman–Crippen LogP) is 3.20. The van der Waals surface area contributed by atoms with Crippen LogP contribution in [-0.2, 0) is 4.79 Å². The zero-order valence-electron chi connectivity index (χ0n) is 11.7. The van der Waals surface area contributed by atoms with Crippen molar-refractivity contribution < 1.29 is 19.1 Å². The molecule has 5 nitrogen and oxygen atoms in total. The quantitative estimate of drug-likeness (QED) is 0.653. The summed E-state index contributed by atoms with van der Waals surface area (Å²) in [4.78, 5) is 22.1. The van der Waals surface area contributed by atoms with Gasteiger partial charge in [-0.3, -0.25) is 4.79 Å². The number of hydrogen-bond acceptors (Lipinski definition) is 2. The Labute approximate surface area is 131 Å². The Morgan fingerprint density at radius 3 is 2.67 bits per heavy atom. The van der Waals surface area contributed by atoms with E-state index in [1.165, 1.54) is 12.1 Å². The second-order valence-electron chi connectivity index (χ2n) is 4.56. The van der Waals surface area contributed by atoms with Crippen LogP contribution in [0.4, 0.5) is 9.18 Å². The SMILES string of the molecule is CCC(NC(=O)NCCCC(=O)O)c1cc(F)cc(Br)c1. The number of carbonyl (C=O) groups excluding carboxylic acids is 1. The molecule has 1 aromatic rings. The number of rotatable bonds is 7. The van der Waals surface area contributed by atoms with Gasteiger partial charge in [-0.1, -0.05) is 22.9 Å². The molecule has 0 aliphatic rings. The molecule has 0 radical (unpaired) electrons. The summed E-state index contributed by atoms with van der Waals surface area (Å²) in [6, 6.07) is 3.78. The van der Waals surface area contributed by atoms with Gasteiger partial charge in [0.15, 0.2) is 0 Å². The summed E-state index contributed by atoms with van der Waals surface area (Å²) in [5.74, 6) is -1.27.